The van der Waals surface area contributed by atoms with Gasteiger partial charge in [0.25, 0.3) is 0 Å². The van der Waals surface area contributed by atoms with Gasteiger partial charge >= 0.3 is 0 Å². The Morgan fingerprint density at radius 3 is 2.86 bits per heavy atom. The van der Waals surface area contributed by atoms with E-state index in [1.54, 1.807) is 6.07 Å². The Balaban J connectivity index is 1.53. The highest BCUT2D eigenvalue weighted by molar-refractivity contribution is 5.29. The Labute approximate surface area is 125 Å². The van der Waals surface area contributed by atoms with E-state index in [4.69, 9.17) is 9.47 Å². The number of hydrogen-bond donors (Lipinski definition) is 1. The maximum atomic E-state index is 13.9. The molecule has 1 aliphatic carbocycles. The molecule has 0 amide bonds. The molecule has 1 atom stereocenters. The summed E-state index contributed by atoms with van der Waals surface area (Å²) in [5, 5.41) is 3.01. The monoisotopic (exact) mass is 293 g/mol. The molecule has 1 aromatic rings. The summed E-state index contributed by atoms with van der Waals surface area (Å²) in [6.45, 7) is 1.11. The molecule has 2 aliphatic rings. The van der Waals surface area contributed by atoms with Crippen LogP contribution in [0.2, 0.25) is 0 Å². The molecule has 1 aliphatic heterocycles. The minimum atomic E-state index is -0.295. The van der Waals surface area contributed by atoms with Gasteiger partial charge in [0.2, 0.25) is 0 Å². The van der Waals surface area contributed by atoms with E-state index in [9.17, 15) is 4.39 Å². The number of benzene rings is 1. The van der Waals surface area contributed by atoms with Crippen LogP contribution < -0.4 is 10.1 Å². The Morgan fingerprint density at radius 1 is 1.33 bits per heavy atom. The van der Waals surface area contributed by atoms with Crippen LogP contribution in [-0.2, 0) is 11.3 Å². The lowest BCUT2D eigenvalue weighted by molar-refractivity contribution is -0.0512. The van der Waals surface area contributed by atoms with Crippen molar-refractivity contribution >= 4 is 0 Å². The molecule has 0 bridgehead atoms. The molecule has 3 rings (SSSR count). The van der Waals surface area contributed by atoms with Crippen molar-refractivity contribution in [2.45, 2.75) is 56.8 Å². The summed E-state index contributed by atoms with van der Waals surface area (Å²) >= 11 is 0. The fraction of sp³-hybridized carbons (Fsp3) is 0.647. The van der Waals surface area contributed by atoms with E-state index in [0.717, 1.165) is 18.4 Å². The second-order valence-electron chi connectivity index (χ2n) is 6.27. The van der Waals surface area contributed by atoms with Crippen molar-refractivity contribution in [1.82, 2.24) is 5.32 Å². The van der Waals surface area contributed by atoms with Crippen LogP contribution in [0.4, 0.5) is 4.39 Å². The molecule has 1 N–H and O–H groups in total. The SMILES string of the molecule is CNCc1ccc(OCC2CCC3(CCCC3)O2)c(F)c1. The summed E-state index contributed by atoms with van der Waals surface area (Å²) in [7, 11) is 1.85. The van der Waals surface area contributed by atoms with Gasteiger partial charge in [-0.25, -0.2) is 4.39 Å². The van der Waals surface area contributed by atoms with E-state index in [0.29, 0.717) is 18.9 Å². The molecule has 1 heterocycles. The van der Waals surface area contributed by atoms with Crippen LogP contribution in [0.5, 0.6) is 5.75 Å². The topological polar surface area (TPSA) is 30.5 Å². The van der Waals surface area contributed by atoms with Crippen molar-refractivity contribution in [3.8, 4) is 5.75 Å². The minimum absolute atomic E-state index is 0.111. The summed E-state index contributed by atoms with van der Waals surface area (Å²) in [5.41, 5.74) is 1.04. The van der Waals surface area contributed by atoms with Crippen LogP contribution in [0.15, 0.2) is 18.2 Å². The highest BCUT2D eigenvalue weighted by atomic mass is 19.1. The molecular weight excluding hydrogens is 269 g/mol. The molecule has 2 fully saturated rings. The third kappa shape index (κ3) is 3.38. The van der Waals surface area contributed by atoms with Crippen molar-refractivity contribution in [2.75, 3.05) is 13.7 Å². The Hall–Kier alpha value is -1.13. The fourth-order valence-corrected chi connectivity index (χ4v) is 3.56. The highest BCUT2D eigenvalue weighted by Crippen LogP contribution is 2.43. The van der Waals surface area contributed by atoms with Crippen molar-refractivity contribution in [1.29, 1.82) is 0 Å². The number of rotatable bonds is 5. The van der Waals surface area contributed by atoms with Crippen molar-refractivity contribution < 1.29 is 13.9 Å². The van der Waals surface area contributed by atoms with Gasteiger partial charge in [-0.1, -0.05) is 18.9 Å². The van der Waals surface area contributed by atoms with E-state index in [1.807, 2.05) is 13.1 Å². The molecule has 21 heavy (non-hydrogen) atoms. The largest absolute Gasteiger partial charge is 0.488 e. The summed E-state index contributed by atoms with van der Waals surface area (Å²) < 4.78 is 25.8. The number of hydrogen-bond acceptors (Lipinski definition) is 3. The van der Waals surface area contributed by atoms with E-state index in [1.165, 1.54) is 31.7 Å². The van der Waals surface area contributed by atoms with Gasteiger partial charge in [-0.3, -0.25) is 0 Å². The van der Waals surface area contributed by atoms with Crippen LogP contribution in [-0.4, -0.2) is 25.4 Å². The summed E-state index contributed by atoms with van der Waals surface area (Å²) in [5.74, 6) is 0.0298. The van der Waals surface area contributed by atoms with Crippen molar-refractivity contribution in [3.05, 3.63) is 29.6 Å². The molecule has 1 saturated heterocycles. The first kappa shape index (κ1) is 14.8. The van der Waals surface area contributed by atoms with Crippen LogP contribution >= 0.6 is 0 Å². The highest BCUT2D eigenvalue weighted by Gasteiger charge is 2.42. The van der Waals surface area contributed by atoms with Gasteiger partial charge in [0.15, 0.2) is 11.6 Å². The van der Waals surface area contributed by atoms with E-state index >= 15 is 0 Å². The van der Waals surface area contributed by atoms with Gasteiger partial charge in [-0.05, 0) is 50.4 Å². The van der Waals surface area contributed by atoms with Gasteiger partial charge < -0.3 is 14.8 Å². The van der Waals surface area contributed by atoms with E-state index in [-0.39, 0.29) is 17.5 Å². The van der Waals surface area contributed by atoms with Crippen LogP contribution in [0.1, 0.15) is 44.1 Å². The Morgan fingerprint density at radius 2 is 2.14 bits per heavy atom. The number of ether oxygens (including phenoxy) is 2. The first-order chi connectivity index (χ1) is 10.2. The molecule has 1 aromatic carbocycles. The predicted octanol–water partition coefficient (Wildman–Crippen LogP) is 3.42. The zero-order chi connectivity index (χ0) is 14.7. The first-order valence-electron chi connectivity index (χ1n) is 7.94. The molecule has 116 valence electrons. The maximum Gasteiger partial charge on any atom is 0.165 e. The average molecular weight is 293 g/mol. The maximum absolute atomic E-state index is 13.9. The molecule has 3 nitrogen and oxygen atoms in total. The number of halogens is 1. The van der Waals surface area contributed by atoms with Crippen molar-refractivity contribution in [2.24, 2.45) is 0 Å². The summed E-state index contributed by atoms with van der Waals surface area (Å²) in [4.78, 5) is 0. The normalized spacial score (nSPS) is 23.8. The second-order valence-corrected chi connectivity index (χ2v) is 6.27. The smallest absolute Gasteiger partial charge is 0.165 e. The summed E-state index contributed by atoms with van der Waals surface area (Å²) in [6, 6.07) is 5.13. The molecule has 1 spiro atoms. The van der Waals surface area contributed by atoms with Gasteiger partial charge in [0, 0.05) is 6.54 Å². The zero-order valence-corrected chi connectivity index (χ0v) is 12.7. The lowest BCUT2D eigenvalue weighted by Gasteiger charge is -2.23. The molecule has 1 saturated carbocycles. The molecule has 4 heteroatoms. The summed E-state index contributed by atoms with van der Waals surface area (Å²) in [6.07, 6.45) is 7.17. The third-order valence-corrected chi connectivity index (χ3v) is 4.66. The second kappa shape index (κ2) is 6.32. The Kier molecular flexibility index (Phi) is 4.45. The van der Waals surface area contributed by atoms with Gasteiger partial charge in [0.05, 0.1) is 11.7 Å². The molecular formula is C17H24FNO2. The third-order valence-electron chi connectivity index (χ3n) is 4.66. The fourth-order valence-electron chi connectivity index (χ4n) is 3.56. The van der Waals surface area contributed by atoms with Crippen LogP contribution in [0.25, 0.3) is 0 Å². The van der Waals surface area contributed by atoms with Crippen LogP contribution in [0, 0.1) is 5.82 Å². The zero-order valence-electron chi connectivity index (χ0n) is 12.7. The lowest BCUT2D eigenvalue weighted by atomic mass is 9.98. The Bertz CT molecular complexity index is 486. The average Bonchev–Trinajstić information content (AvgIpc) is 3.09. The quantitative estimate of drug-likeness (QED) is 0.902. The van der Waals surface area contributed by atoms with Gasteiger partial charge in [-0.15, -0.1) is 0 Å². The van der Waals surface area contributed by atoms with Gasteiger partial charge in [-0.2, -0.15) is 0 Å². The molecule has 1 unspecified atom stereocenters. The first-order valence-corrected chi connectivity index (χ1v) is 7.94. The van der Waals surface area contributed by atoms with Crippen molar-refractivity contribution in [3.63, 3.8) is 0 Å². The van der Waals surface area contributed by atoms with Gasteiger partial charge in [0.1, 0.15) is 6.61 Å². The number of nitrogens with one attached hydrogen (secondary N) is 1. The standard InChI is InChI=1S/C17H24FNO2/c1-19-11-13-4-5-16(15(18)10-13)20-12-14-6-9-17(21-14)7-2-3-8-17/h4-5,10,14,19H,2-3,6-9,11-12H2,1H3. The minimum Gasteiger partial charge on any atom is -0.488 e. The van der Waals surface area contributed by atoms with E-state index in [2.05, 4.69) is 5.32 Å². The predicted molar refractivity (Wildman–Crippen MR) is 80.0 cm³/mol. The molecule has 0 radical (unpaired) electrons. The van der Waals surface area contributed by atoms with E-state index < -0.39 is 0 Å². The lowest BCUT2D eigenvalue weighted by Crippen LogP contribution is -2.27. The molecule has 0 aromatic heterocycles. The van der Waals surface area contributed by atoms with Crippen LogP contribution in [0.3, 0.4) is 0 Å².